The van der Waals surface area contributed by atoms with Gasteiger partial charge in [-0.15, -0.1) is 0 Å². The second kappa shape index (κ2) is 7.70. The highest BCUT2D eigenvalue weighted by Crippen LogP contribution is 2.21. The van der Waals surface area contributed by atoms with Crippen molar-refractivity contribution in [3.8, 4) is 0 Å². The van der Waals surface area contributed by atoms with Crippen molar-refractivity contribution in [2.24, 2.45) is 0 Å². The Labute approximate surface area is 155 Å². The zero-order valence-corrected chi connectivity index (χ0v) is 15.6. The Kier molecular flexibility index (Phi) is 5.38. The maximum Gasteiger partial charge on any atom is 0.313 e. The standard InChI is InChI=1S/C19H20BrN3O2/c1-14-5-4-6-15(13-14)22-9-11-23(12-10-22)19(25)18(24)21-17-8-3-2-7-16(17)20/h2-8,13H,9-12H2,1H3,(H,21,24). The van der Waals surface area contributed by atoms with Crippen LogP contribution in [0.3, 0.4) is 0 Å². The third-order valence-corrected chi connectivity index (χ3v) is 4.94. The van der Waals surface area contributed by atoms with Crippen molar-refractivity contribution in [3.63, 3.8) is 0 Å². The first-order valence-electron chi connectivity index (χ1n) is 8.21. The van der Waals surface area contributed by atoms with Gasteiger partial charge in [0, 0.05) is 36.3 Å². The topological polar surface area (TPSA) is 52.7 Å². The summed E-state index contributed by atoms with van der Waals surface area (Å²) in [5.74, 6) is -1.09. The Bertz CT molecular complexity index is 786. The predicted octanol–water partition coefficient (Wildman–Crippen LogP) is 3.04. The molecule has 2 amide bonds. The van der Waals surface area contributed by atoms with E-state index >= 15 is 0 Å². The molecule has 3 rings (SSSR count). The van der Waals surface area contributed by atoms with Gasteiger partial charge in [0.05, 0.1) is 5.69 Å². The van der Waals surface area contributed by atoms with E-state index in [0.717, 1.165) is 23.2 Å². The van der Waals surface area contributed by atoms with E-state index in [4.69, 9.17) is 0 Å². The molecule has 0 radical (unpaired) electrons. The highest BCUT2D eigenvalue weighted by Gasteiger charge is 2.26. The molecule has 0 aliphatic carbocycles. The van der Waals surface area contributed by atoms with Crippen LogP contribution in [0, 0.1) is 6.92 Å². The van der Waals surface area contributed by atoms with Crippen molar-refractivity contribution in [1.82, 2.24) is 4.90 Å². The van der Waals surface area contributed by atoms with Crippen molar-refractivity contribution >= 4 is 39.1 Å². The summed E-state index contributed by atoms with van der Waals surface area (Å²) in [6.45, 7) is 4.58. The van der Waals surface area contributed by atoms with Crippen LogP contribution in [0.1, 0.15) is 5.56 Å². The number of carbonyl (C=O) groups is 2. The molecule has 0 saturated carbocycles. The van der Waals surface area contributed by atoms with E-state index < -0.39 is 11.8 Å². The first kappa shape index (κ1) is 17.5. The number of hydrogen-bond acceptors (Lipinski definition) is 3. The fourth-order valence-corrected chi connectivity index (χ4v) is 3.26. The molecule has 1 aliphatic rings. The van der Waals surface area contributed by atoms with Crippen LogP contribution >= 0.6 is 15.9 Å². The van der Waals surface area contributed by atoms with Crippen LogP contribution < -0.4 is 10.2 Å². The molecule has 1 saturated heterocycles. The number of benzene rings is 2. The highest BCUT2D eigenvalue weighted by molar-refractivity contribution is 9.10. The van der Waals surface area contributed by atoms with Crippen molar-refractivity contribution in [3.05, 3.63) is 58.6 Å². The molecule has 5 nitrogen and oxygen atoms in total. The van der Waals surface area contributed by atoms with E-state index in [1.807, 2.05) is 24.3 Å². The molecule has 0 atom stereocenters. The van der Waals surface area contributed by atoms with Gasteiger partial charge in [-0.3, -0.25) is 9.59 Å². The number of aryl methyl sites for hydroxylation is 1. The van der Waals surface area contributed by atoms with Gasteiger partial charge in [0.2, 0.25) is 0 Å². The van der Waals surface area contributed by atoms with E-state index in [-0.39, 0.29) is 0 Å². The SMILES string of the molecule is Cc1cccc(N2CCN(C(=O)C(=O)Nc3ccccc3Br)CC2)c1. The molecule has 1 aliphatic heterocycles. The lowest BCUT2D eigenvalue weighted by Gasteiger charge is -2.35. The minimum Gasteiger partial charge on any atom is -0.368 e. The van der Waals surface area contributed by atoms with Gasteiger partial charge in [-0.05, 0) is 52.7 Å². The third-order valence-electron chi connectivity index (χ3n) is 4.25. The molecule has 0 bridgehead atoms. The van der Waals surface area contributed by atoms with Crippen LogP contribution in [0.4, 0.5) is 11.4 Å². The molecule has 130 valence electrons. The molecule has 1 fully saturated rings. The van der Waals surface area contributed by atoms with Gasteiger partial charge >= 0.3 is 11.8 Å². The van der Waals surface area contributed by atoms with Crippen LogP contribution in [0.5, 0.6) is 0 Å². The molecular formula is C19H20BrN3O2. The van der Waals surface area contributed by atoms with Gasteiger partial charge in [0.1, 0.15) is 0 Å². The second-order valence-corrected chi connectivity index (χ2v) is 6.91. The van der Waals surface area contributed by atoms with Crippen LogP contribution in [0.25, 0.3) is 0 Å². The Morgan fingerprint density at radius 1 is 1.00 bits per heavy atom. The summed E-state index contributed by atoms with van der Waals surface area (Å²) in [6, 6.07) is 15.5. The molecular weight excluding hydrogens is 382 g/mol. The number of amides is 2. The van der Waals surface area contributed by atoms with Gasteiger partial charge in [0.15, 0.2) is 0 Å². The fraction of sp³-hybridized carbons (Fsp3) is 0.263. The lowest BCUT2D eigenvalue weighted by molar-refractivity contribution is -0.143. The minimum absolute atomic E-state index is 0.486. The van der Waals surface area contributed by atoms with Gasteiger partial charge in [-0.2, -0.15) is 0 Å². The Morgan fingerprint density at radius 2 is 1.72 bits per heavy atom. The monoisotopic (exact) mass is 401 g/mol. The third kappa shape index (κ3) is 4.20. The van der Waals surface area contributed by atoms with Gasteiger partial charge in [0.25, 0.3) is 0 Å². The minimum atomic E-state index is -0.601. The summed E-state index contributed by atoms with van der Waals surface area (Å²) in [5, 5.41) is 2.67. The smallest absolute Gasteiger partial charge is 0.313 e. The number of nitrogens with zero attached hydrogens (tertiary/aromatic N) is 2. The Hall–Kier alpha value is -2.34. The average molecular weight is 402 g/mol. The van der Waals surface area contributed by atoms with Crippen LogP contribution in [0.15, 0.2) is 53.0 Å². The highest BCUT2D eigenvalue weighted by atomic mass is 79.9. The van der Waals surface area contributed by atoms with E-state index in [9.17, 15) is 9.59 Å². The van der Waals surface area contributed by atoms with E-state index in [1.165, 1.54) is 5.56 Å². The second-order valence-electron chi connectivity index (χ2n) is 6.05. The van der Waals surface area contributed by atoms with Crippen LogP contribution in [-0.4, -0.2) is 42.9 Å². The zero-order valence-electron chi connectivity index (χ0n) is 14.0. The van der Waals surface area contributed by atoms with E-state index in [2.05, 4.69) is 51.3 Å². The maximum atomic E-state index is 12.4. The van der Waals surface area contributed by atoms with Crippen LogP contribution in [0.2, 0.25) is 0 Å². The molecule has 6 heteroatoms. The number of halogens is 1. The normalized spacial score (nSPS) is 14.3. The van der Waals surface area contributed by atoms with E-state index in [1.54, 1.807) is 11.0 Å². The Morgan fingerprint density at radius 3 is 2.40 bits per heavy atom. The fourth-order valence-electron chi connectivity index (χ4n) is 2.87. The first-order valence-corrected chi connectivity index (χ1v) is 9.00. The zero-order chi connectivity index (χ0) is 17.8. The quantitative estimate of drug-likeness (QED) is 0.786. The molecule has 2 aromatic carbocycles. The Balaban J connectivity index is 1.58. The summed E-state index contributed by atoms with van der Waals surface area (Å²) in [6.07, 6.45) is 0. The van der Waals surface area contributed by atoms with Crippen molar-refractivity contribution in [2.45, 2.75) is 6.92 Å². The summed E-state index contributed by atoms with van der Waals surface area (Å²) >= 11 is 3.36. The number of rotatable bonds is 2. The molecule has 0 unspecified atom stereocenters. The molecule has 2 aromatic rings. The van der Waals surface area contributed by atoms with Crippen molar-refractivity contribution < 1.29 is 9.59 Å². The van der Waals surface area contributed by atoms with Crippen LogP contribution in [-0.2, 0) is 9.59 Å². The maximum absolute atomic E-state index is 12.4. The summed E-state index contributed by atoms with van der Waals surface area (Å²) in [7, 11) is 0. The number of anilines is 2. The number of carbonyl (C=O) groups excluding carboxylic acids is 2. The van der Waals surface area contributed by atoms with Gasteiger partial charge in [-0.1, -0.05) is 24.3 Å². The van der Waals surface area contributed by atoms with Crippen molar-refractivity contribution in [1.29, 1.82) is 0 Å². The summed E-state index contributed by atoms with van der Waals surface area (Å²) in [4.78, 5) is 28.5. The lowest BCUT2D eigenvalue weighted by atomic mass is 10.2. The molecule has 1 heterocycles. The number of piperazine rings is 1. The number of hydrogen-bond donors (Lipinski definition) is 1. The van der Waals surface area contributed by atoms with E-state index in [0.29, 0.717) is 18.8 Å². The average Bonchev–Trinajstić information content (AvgIpc) is 2.63. The number of nitrogens with one attached hydrogen (secondary N) is 1. The van der Waals surface area contributed by atoms with Gasteiger partial charge < -0.3 is 15.1 Å². The molecule has 25 heavy (non-hydrogen) atoms. The summed E-state index contributed by atoms with van der Waals surface area (Å²) in [5.41, 5.74) is 2.97. The predicted molar refractivity (Wildman–Crippen MR) is 103 cm³/mol. The lowest BCUT2D eigenvalue weighted by Crippen LogP contribution is -2.51. The molecule has 0 spiro atoms. The first-order chi connectivity index (χ1) is 12.0. The molecule has 1 N–H and O–H groups in total. The van der Waals surface area contributed by atoms with Gasteiger partial charge in [-0.25, -0.2) is 0 Å². The number of para-hydroxylation sites is 1. The summed E-state index contributed by atoms with van der Waals surface area (Å²) < 4.78 is 0.750. The largest absolute Gasteiger partial charge is 0.368 e. The molecule has 0 aromatic heterocycles. The van der Waals surface area contributed by atoms with Crippen molar-refractivity contribution in [2.75, 3.05) is 36.4 Å².